The molecule has 0 amide bonds. The van der Waals surface area contributed by atoms with Crippen molar-refractivity contribution in [2.45, 2.75) is 26.4 Å². The molecule has 1 aromatic rings. The maximum absolute atomic E-state index is 13.5. The van der Waals surface area contributed by atoms with E-state index in [0.29, 0.717) is 52.9 Å². The molecule has 0 aromatic heterocycles. The average molecular weight is 518 g/mol. The molecule has 0 unspecified atom stereocenters. The van der Waals surface area contributed by atoms with E-state index >= 15 is 0 Å². The van der Waals surface area contributed by atoms with Crippen LogP contribution in [0.5, 0.6) is 5.75 Å². The Hall–Kier alpha value is -1.90. The summed E-state index contributed by atoms with van der Waals surface area (Å²) in [5, 5.41) is 0. The van der Waals surface area contributed by atoms with E-state index in [1.165, 1.54) is 0 Å². The SMILES string of the molecule is CC(C)OCCOCCOCCOCCOCCOCCC(=O)Oc1c(F)c(F)c(F)c(F)c1F. The summed E-state index contributed by atoms with van der Waals surface area (Å²) in [7, 11) is 0. The van der Waals surface area contributed by atoms with Gasteiger partial charge in [-0.3, -0.25) is 4.79 Å². The van der Waals surface area contributed by atoms with Crippen LogP contribution in [0.1, 0.15) is 20.3 Å². The van der Waals surface area contributed by atoms with Crippen molar-refractivity contribution in [3.05, 3.63) is 29.1 Å². The van der Waals surface area contributed by atoms with Gasteiger partial charge in [0.15, 0.2) is 0 Å². The molecule has 0 spiro atoms. The molecule has 0 saturated heterocycles. The van der Waals surface area contributed by atoms with E-state index < -0.39 is 47.2 Å². The second-order valence-corrected chi connectivity index (χ2v) is 7.10. The first-order valence-electron chi connectivity index (χ1n) is 11.0. The molecule has 0 atom stereocenters. The number of hydrogen-bond acceptors (Lipinski definition) is 8. The van der Waals surface area contributed by atoms with Crippen molar-refractivity contribution >= 4 is 5.97 Å². The lowest BCUT2D eigenvalue weighted by atomic mass is 10.2. The van der Waals surface area contributed by atoms with Crippen LogP contribution in [0.25, 0.3) is 0 Å². The Morgan fingerprint density at radius 3 is 1.31 bits per heavy atom. The summed E-state index contributed by atoms with van der Waals surface area (Å²) >= 11 is 0. The van der Waals surface area contributed by atoms with Crippen molar-refractivity contribution in [1.29, 1.82) is 0 Å². The fraction of sp³-hybridized carbons (Fsp3) is 0.682. The van der Waals surface area contributed by atoms with Crippen LogP contribution in [0.3, 0.4) is 0 Å². The zero-order chi connectivity index (χ0) is 26.1. The molecule has 0 radical (unpaired) electrons. The molecule has 0 aliphatic rings. The van der Waals surface area contributed by atoms with Gasteiger partial charge in [0.2, 0.25) is 34.8 Å². The van der Waals surface area contributed by atoms with Gasteiger partial charge in [-0.1, -0.05) is 0 Å². The van der Waals surface area contributed by atoms with Gasteiger partial charge < -0.3 is 33.2 Å². The summed E-state index contributed by atoms with van der Waals surface area (Å²) in [5.41, 5.74) is 0. The standard InChI is InChI=1S/C22H31F5O8/c1-15(2)34-14-13-33-12-11-32-10-9-31-8-7-30-6-5-29-4-3-16(28)35-22-20(26)18(24)17(23)19(25)21(22)27/h15H,3-14H2,1-2H3. The molecule has 0 saturated carbocycles. The van der Waals surface area contributed by atoms with Gasteiger partial charge in [-0.2, -0.15) is 8.78 Å². The van der Waals surface area contributed by atoms with Gasteiger partial charge in [-0.15, -0.1) is 0 Å². The van der Waals surface area contributed by atoms with Crippen LogP contribution >= 0.6 is 0 Å². The number of esters is 1. The van der Waals surface area contributed by atoms with Crippen molar-refractivity contribution in [1.82, 2.24) is 0 Å². The average Bonchev–Trinajstić information content (AvgIpc) is 2.83. The number of rotatable bonds is 20. The molecule has 0 bridgehead atoms. The molecule has 202 valence electrons. The summed E-state index contributed by atoms with van der Waals surface area (Å²) in [6.07, 6.45) is -0.293. The van der Waals surface area contributed by atoms with E-state index in [0.717, 1.165) is 0 Å². The lowest BCUT2D eigenvalue weighted by molar-refractivity contribution is -0.136. The Bertz CT molecular complexity index is 722. The predicted molar refractivity (Wildman–Crippen MR) is 112 cm³/mol. The summed E-state index contributed by atoms with van der Waals surface area (Å²) in [5.74, 6) is -14.1. The van der Waals surface area contributed by atoms with Crippen molar-refractivity contribution in [2.24, 2.45) is 0 Å². The number of carbonyl (C=O) groups is 1. The van der Waals surface area contributed by atoms with Gasteiger partial charge in [0.25, 0.3) is 0 Å². The predicted octanol–water partition coefficient (Wildman–Crippen LogP) is 3.19. The molecule has 1 aromatic carbocycles. The van der Waals surface area contributed by atoms with Crippen LogP contribution in [-0.4, -0.2) is 84.7 Å². The molecule has 0 fully saturated rings. The first-order valence-corrected chi connectivity index (χ1v) is 11.0. The van der Waals surface area contributed by atoms with Gasteiger partial charge in [-0.05, 0) is 13.8 Å². The molecule has 0 aliphatic heterocycles. The minimum absolute atomic E-state index is 0.0983. The Labute approximate surface area is 200 Å². The molecule has 0 N–H and O–H groups in total. The lowest BCUT2D eigenvalue weighted by Crippen LogP contribution is -2.16. The number of ether oxygens (including phenoxy) is 7. The van der Waals surface area contributed by atoms with Gasteiger partial charge in [-0.25, -0.2) is 13.2 Å². The third-order valence-corrected chi connectivity index (χ3v) is 4.00. The van der Waals surface area contributed by atoms with Crippen LogP contribution in [-0.2, 0) is 33.2 Å². The van der Waals surface area contributed by atoms with Gasteiger partial charge in [0.05, 0.1) is 85.2 Å². The van der Waals surface area contributed by atoms with E-state index in [-0.39, 0.29) is 25.9 Å². The van der Waals surface area contributed by atoms with E-state index in [2.05, 4.69) is 4.74 Å². The molecule has 1 rings (SSSR count). The maximum atomic E-state index is 13.5. The zero-order valence-corrected chi connectivity index (χ0v) is 19.7. The quantitative estimate of drug-likeness (QED) is 0.0651. The fourth-order valence-electron chi connectivity index (χ4n) is 2.32. The smallest absolute Gasteiger partial charge is 0.313 e. The van der Waals surface area contributed by atoms with Gasteiger partial charge in [0, 0.05) is 0 Å². The molecule has 0 heterocycles. The minimum atomic E-state index is -2.34. The Balaban J connectivity index is 1.94. The summed E-state index contributed by atoms with van der Waals surface area (Å²) in [6.45, 7) is 7.40. The second kappa shape index (κ2) is 18.4. The van der Waals surface area contributed by atoms with Crippen LogP contribution in [0.2, 0.25) is 0 Å². The third kappa shape index (κ3) is 13.1. The largest absolute Gasteiger partial charge is 0.420 e. The van der Waals surface area contributed by atoms with Crippen LogP contribution in [0.4, 0.5) is 22.0 Å². The summed E-state index contributed by atoms with van der Waals surface area (Å²) < 4.78 is 102. The fourth-order valence-corrected chi connectivity index (χ4v) is 2.32. The molecule has 0 aliphatic carbocycles. The molecular weight excluding hydrogens is 487 g/mol. The number of carbonyl (C=O) groups excluding carboxylic acids is 1. The minimum Gasteiger partial charge on any atom is -0.420 e. The van der Waals surface area contributed by atoms with Crippen molar-refractivity contribution in [3.8, 4) is 5.75 Å². The normalized spacial score (nSPS) is 11.4. The van der Waals surface area contributed by atoms with E-state index in [9.17, 15) is 26.7 Å². The Morgan fingerprint density at radius 1 is 0.571 bits per heavy atom. The van der Waals surface area contributed by atoms with Crippen molar-refractivity contribution in [3.63, 3.8) is 0 Å². The zero-order valence-electron chi connectivity index (χ0n) is 19.7. The topological polar surface area (TPSA) is 81.7 Å². The first kappa shape index (κ1) is 31.1. The summed E-state index contributed by atoms with van der Waals surface area (Å²) in [6, 6.07) is 0. The van der Waals surface area contributed by atoms with Gasteiger partial charge in [0.1, 0.15) is 0 Å². The van der Waals surface area contributed by atoms with Crippen molar-refractivity contribution < 1.29 is 59.9 Å². The van der Waals surface area contributed by atoms with Crippen LogP contribution in [0.15, 0.2) is 0 Å². The van der Waals surface area contributed by atoms with Crippen molar-refractivity contribution in [2.75, 3.05) is 72.7 Å². The second-order valence-electron chi connectivity index (χ2n) is 7.10. The molecule has 8 nitrogen and oxygen atoms in total. The van der Waals surface area contributed by atoms with E-state index in [4.69, 9.17) is 28.4 Å². The molecular formula is C22H31F5O8. The van der Waals surface area contributed by atoms with Crippen LogP contribution < -0.4 is 4.74 Å². The van der Waals surface area contributed by atoms with E-state index in [1.807, 2.05) is 13.8 Å². The van der Waals surface area contributed by atoms with Crippen LogP contribution in [0, 0.1) is 29.1 Å². The number of hydrogen-bond donors (Lipinski definition) is 0. The Kier molecular flexibility index (Phi) is 16.3. The van der Waals surface area contributed by atoms with E-state index in [1.54, 1.807) is 0 Å². The molecule has 13 heteroatoms. The lowest BCUT2D eigenvalue weighted by Gasteiger charge is -2.09. The number of halogens is 5. The third-order valence-electron chi connectivity index (χ3n) is 4.00. The highest BCUT2D eigenvalue weighted by molar-refractivity contribution is 5.72. The number of benzene rings is 1. The Morgan fingerprint density at radius 2 is 0.914 bits per heavy atom. The highest BCUT2D eigenvalue weighted by Crippen LogP contribution is 2.29. The monoisotopic (exact) mass is 518 g/mol. The van der Waals surface area contributed by atoms with Gasteiger partial charge >= 0.3 is 5.97 Å². The highest BCUT2D eigenvalue weighted by Gasteiger charge is 2.28. The highest BCUT2D eigenvalue weighted by atomic mass is 19.2. The maximum Gasteiger partial charge on any atom is 0.313 e. The molecule has 35 heavy (non-hydrogen) atoms. The summed E-state index contributed by atoms with van der Waals surface area (Å²) in [4.78, 5) is 11.6. The first-order chi connectivity index (χ1) is 16.8.